The van der Waals surface area contributed by atoms with Crippen molar-refractivity contribution in [3.05, 3.63) is 57.9 Å². The van der Waals surface area contributed by atoms with E-state index in [9.17, 15) is 9.59 Å². The number of carboxylic acids is 1. The highest BCUT2D eigenvalue weighted by molar-refractivity contribution is 6.31. The van der Waals surface area contributed by atoms with Gasteiger partial charge in [0.1, 0.15) is 16.7 Å². The summed E-state index contributed by atoms with van der Waals surface area (Å²) in [6.07, 6.45) is 0.894. The van der Waals surface area contributed by atoms with Crippen molar-refractivity contribution in [2.24, 2.45) is 0 Å². The van der Waals surface area contributed by atoms with E-state index in [1.165, 1.54) is 0 Å². The van der Waals surface area contributed by atoms with Gasteiger partial charge < -0.3 is 18.8 Å². The zero-order valence-corrected chi connectivity index (χ0v) is 17.0. The van der Waals surface area contributed by atoms with Crippen LogP contribution in [0.3, 0.4) is 0 Å². The molecule has 0 radical (unpaired) electrons. The molecule has 0 bridgehead atoms. The average Bonchev–Trinajstić information content (AvgIpc) is 3.12. The van der Waals surface area contributed by atoms with Crippen LogP contribution in [0.1, 0.15) is 19.8 Å². The largest absolute Gasteiger partial charge is 0.481 e. The second-order valence-electron chi connectivity index (χ2n) is 6.93. The van der Waals surface area contributed by atoms with E-state index in [1.54, 1.807) is 30.3 Å². The Kier molecular flexibility index (Phi) is 5.46. The summed E-state index contributed by atoms with van der Waals surface area (Å²) < 4.78 is 11.2. The number of fused-ring (bicyclic) bond motifs is 2. The van der Waals surface area contributed by atoms with Crippen molar-refractivity contribution in [1.82, 2.24) is 4.98 Å². The van der Waals surface area contributed by atoms with Gasteiger partial charge in [-0.05, 0) is 42.8 Å². The molecular formula is C22H19ClN2O5. The Balaban J connectivity index is 1.72. The van der Waals surface area contributed by atoms with Crippen molar-refractivity contribution < 1.29 is 18.7 Å². The molecule has 154 valence electrons. The lowest BCUT2D eigenvalue weighted by atomic mass is 10.1. The third-order valence-electron chi connectivity index (χ3n) is 4.75. The summed E-state index contributed by atoms with van der Waals surface area (Å²) in [5, 5.41) is 10.2. The molecule has 1 N–H and O–H groups in total. The summed E-state index contributed by atoms with van der Waals surface area (Å²) in [5.74, 6) is -0.686. The average molecular weight is 427 g/mol. The predicted molar refractivity (Wildman–Crippen MR) is 115 cm³/mol. The number of rotatable bonds is 7. The van der Waals surface area contributed by atoms with Gasteiger partial charge in [0.05, 0.1) is 6.42 Å². The fraction of sp³-hybridized carbons (Fsp3) is 0.227. The number of anilines is 1. The third kappa shape index (κ3) is 4.02. The van der Waals surface area contributed by atoms with Crippen LogP contribution in [0.4, 0.5) is 5.69 Å². The SMILES string of the molecule is CCCN(CCC(=O)O)c1ccc2cc(-c3nc4cc(Cl)ccc4o3)c(=O)oc2c1. The molecule has 0 aliphatic rings. The molecular weight excluding hydrogens is 408 g/mol. The minimum absolute atomic E-state index is 0.0304. The van der Waals surface area contributed by atoms with E-state index in [4.69, 9.17) is 25.5 Å². The normalized spacial score (nSPS) is 11.3. The lowest BCUT2D eigenvalue weighted by Crippen LogP contribution is -2.26. The van der Waals surface area contributed by atoms with Crippen LogP contribution in [0.5, 0.6) is 0 Å². The first-order valence-electron chi connectivity index (χ1n) is 9.55. The van der Waals surface area contributed by atoms with Crippen LogP contribution in [-0.2, 0) is 4.79 Å². The summed E-state index contributed by atoms with van der Waals surface area (Å²) in [6, 6.07) is 12.2. The summed E-state index contributed by atoms with van der Waals surface area (Å²) in [6.45, 7) is 3.10. The predicted octanol–water partition coefficient (Wildman–Crippen LogP) is 4.95. The fourth-order valence-corrected chi connectivity index (χ4v) is 3.50. The van der Waals surface area contributed by atoms with E-state index in [2.05, 4.69) is 4.98 Å². The molecule has 0 unspecified atom stereocenters. The van der Waals surface area contributed by atoms with Crippen LogP contribution in [-0.4, -0.2) is 29.1 Å². The van der Waals surface area contributed by atoms with Gasteiger partial charge in [0.2, 0.25) is 5.89 Å². The maximum atomic E-state index is 12.6. The smallest absolute Gasteiger partial charge is 0.349 e. The number of aliphatic carboxylic acids is 1. The molecule has 8 heteroatoms. The molecule has 2 aromatic heterocycles. The van der Waals surface area contributed by atoms with Crippen LogP contribution < -0.4 is 10.5 Å². The van der Waals surface area contributed by atoms with Gasteiger partial charge in [-0.15, -0.1) is 0 Å². The van der Waals surface area contributed by atoms with Gasteiger partial charge in [-0.25, -0.2) is 9.78 Å². The summed E-state index contributed by atoms with van der Waals surface area (Å²) in [5.41, 5.74) is 1.96. The number of benzene rings is 2. The first kappa shape index (κ1) is 20.0. The number of carbonyl (C=O) groups is 1. The van der Waals surface area contributed by atoms with Crippen LogP contribution in [0, 0.1) is 0 Å². The monoisotopic (exact) mass is 426 g/mol. The maximum Gasteiger partial charge on any atom is 0.349 e. The van der Waals surface area contributed by atoms with Gasteiger partial charge in [-0.1, -0.05) is 18.5 Å². The highest BCUT2D eigenvalue weighted by atomic mass is 35.5. The molecule has 2 heterocycles. The van der Waals surface area contributed by atoms with Gasteiger partial charge in [0, 0.05) is 35.3 Å². The van der Waals surface area contributed by atoms with Crippen LogP contribution >= 0.6 is 11.6 Å². The summed E-state index contributed by atoms with van der Waals surface area (Å²) in [7, 11) is 0. The number of halogens is 1. The van der Waals surface area contributed by atoms with Gasteiger partial charge in [-0.3, -0.25) is 4.79 Å². The van der Waals surface area contributed by atoms with E-state index < -0.39 is 11.6 Å². The van der Waals surface area contributed by atoms with Crippen LogP contribution in [0.15, 0.2) is 56.1 Å². The van der Waals surface area contributed by atoms with Gasteiger partial charge >= 0.3 is 11.6 Å². The minimum atomic E-state index is -0.854. The maximum absolute atomic E-state index is 12.6. The Morgan fingerprint density at radius 3 is 2.70 bits per heavy atom. The Hall–Kier alpha value is -3.32. The number of nitrogens with zero attached hydrogens (tertiary/aromatic N) is 2. The number of carboxylic acid groups (broad SMARTS) is 1. The summed E-state index contributed by atoms with van der Waals surface area (Å²) >= 11 is 5.99. The lowest BCUT2D eigenvalue weighted by molar-refractivity contribution is -0.136. The van der Waals surface area contributed by atoms with Crippen molar-refractivity contribution in [2.45, 2.75) is 19.8 Å². The van der Waals surface area contributed by atoms with Crippen molar-refractivity contribution >= 4 is 45.3 Å². The van der Waals surface area contributed by atoms with E-state index >= 15 is 0 Å². The summed E-state index contributed by atoms with van der Waals surface area (Å²) in [4.78, 5) is 29.9. The van der Waals surface area contributed by atoms with Crippen molar-refractivity contribution in [1.29, 1.82) is 0 Å². The van der Waals surface area contributed by atoms with E-state index in [1.807, 2.05) is 24.0 Å². The number of hydrogen-bond acceptors (Lipinski definition) is 6. The molecule has 7 nitrogen and oxygen atoms in total. The van der Waals surface area contributed by atoms with Crippen molar-refractivity contribution in [3.8, 4) is 11.5 Å². The Morgan fingerprint density at radius 2 is 1.93 bits per heavy atom. The Morgan fingerprint density at radius 1 is 1.10 bits per heavy atom. The van der Waals surface area contributed by atoms with Crippen molar-refractivity contribution in [2.75, 3.05) is 18.0 Å². The molecule has 4 aromatic rings. The van der Waals surface area contributed by atoms with Gasteiger partial charge in [0.25, 0.3) is 0 Å². The zero-order chi connectivity index (χ0) is 21.3. The zero-order valence-electron chi connectivity index (χ0n) is 16.2. The van der Waals surface area contributed by atoms with Gasteiger partial charge in [-0.2, -0.15) is 0 Å². The van der Waals surface area contributed by atoms with Gasteiger partial charge in [0.15, 0.2) is 5.58 Å². The molecule has 0 fully saturated rings. The first-order chi connectivity index (χ1) is 14.4. The van der Waals surface area contributed by atoms with Crippen LogP contribution in [0.2, 0.25) is 5.02 Å². The lowest BCUT2D eigenvalue weighted by Gasteiger charge is -2.23. The molecule has 0 amide bonds. The molecule has 2 aromatic carbocycles. The van der Waals surface area contributed by atoms with E-state index in [-0.39, 0.29) is 17.9 Å². The molecule has 0 aliphatic carbocycles. The number of aromatic nitrogens is 1. The second kappa shape index (κ2) is 8.20. The highest BCUT2D eigenvalue weighted by Gasteiger charge is 2.16. The number of oxazole rings is 1. The van der Waals surface area contributed by atoms with E-state index in [0.717, 1.165) is 12.1 Å². The molecule has 0 atom stereocenters. The minimum Gasteiger partial charge on any atom is -0.481 e. The third-order valence-corrected chi connectivity index (χ3v) is 4.99. The first-order valence-corrected chi connectivity index (χ1v) is 9.93. The molecule has 0 spiro atoms. The topological polar surface area (TPSA) is 96.8 Å². The second-order valence-corrected chi connectivity index (χ2v) is 7.37. The Bertz CT molecular complexity index is 1290. The quantitative estimate of drug-likeness (QED) is 0.418. The standard InChI is InChI=1S/C22H19ClN2O5/c1-2-8-25(9-7-20(26)27)15-5-3-13-10-16(22(28)30-19(13)12-15)21-24-17-11-14(23)4-6-18(17)29-21/h3-6,10-12H,2,7-9H2,1H3,(H,26,27). The van der Waals surface area contributed by atoms with Crippen molar-refractivity contribution in [3.63, 3.8) is 0 Å². The molecule has 0 aliphatic heterocycles. The molecule has 0 saturated heterocycles. The van der Waals surface area contributed by atoms with Crippen LogP contribution in [0.25, 0.3) is 33.5 Å². The molecule has 0 saturated carbocycles. The Labute approximate surface area is 176 Å². The van der Waals surface area contributed by atoms with E-state index in [0.29, 0.717) is 40.2 Å². The molecule has 4 rings (SSSR count). The number of hydrogen-bond donors (Lipinski definition) is 1. The fourth-order valence-electron chi connectivity index (χ4n) is 3.33. The highest BCUT2D eigenvalue weighted by Crippen LogP contribution is 2.28. The molecule has 30 heavy (non-hydrogen) atoms.